The standard InChI is InChI=1S/C31H33N3O3S/c1-22-10-6-7-13-25(22)31(35)33-28-16-17-30(27-15-9-8-14-26(27)28)38(36,37)34(21-24-11-4-3-5-12-24)29-18-19-32-20-23(29)2/h3-17,23,29,32H,18-21H2,1-2H3,(H,33,35). The fraction of sp³-hybridized carbons (Fsp3) is 0.258. The molecule has 4 aromatic carbocycles. The van der Waals surface area contributed by atoms with Crippen molar-refractivity contribution in [1.29, 1.82) is 0 Å². The molecule has 2 unspecified atom stereocenters. The molecule has 0 aliphatic carbocycles. The van der Waals surface area contributed by atoms with Crippen molar-refractivity contribution < 1.29 is 13.2 Å². The third-order valence-electron chi connectivity index (χ3n) is 7.40. The molecule has 1 aliphatic heterocycles. The van der Waals surface area contributed by atoms with Gasteiger partial charge in [-0.2, -0.15) is 4.31 Å². The molecular weight excluding hydrogens is 494 g/mol. The number of sulfonamides is 1. The Labute approximate surface area is 224 Å². The fourth-order valence-electron chi connectivity index (χ4n) is 5.32. The number of aryl methyl sites for hydroxylation is 1. The lowest BCUT2D eigenvalue weighted by Crippen LogP contribution is -2.50. The van der Waals surface area contributed by atoms with Crippen LogP contribution >= 0.6 is 0 Å². The molecular formula is C31H33N3O3S. The lowest BCUT2D eigenvalue weighted by atomic mass is 9.95. The first kappa shape index (κ1) is 26.1. The van der Waals surface area contributed by atoms with Crippen LogP contribution in [0.1, 0.15) is 34.8 Å². The number of amides is 1. The Balaban J connectivity index is 1.57. The topological polar surface area (TPSA) is 78.5 Å². The molecule has 0 spiro atoms. The van der Waals surface area contributed by atoms with E-state index in [-0.39, 0.29) is 22.8 Å². The number of anilines is 1. The van der Waals surface area contributed by atoms with Crippen LogP contribution in [-0.4, -0.2) is 37.8 Å². The van der Waals surface area contributed by atoms with Gasteiger partial charge in [-0.15, -0.1) is 0 Å². The van der Waals surface area contributed by atoms with Crippen molar-refractivity contribution in [2.24, 2.45) is 5.92 Å². The van der Waals surface area contributed by atoms with Crippen molar-refractivity contribution in [3.63, 3.8) is 0 Å². The van der Waals surface area contributed by atoms with Crippen LogP contribution in [0.4, 0.5) is 5.69 Å². The van der Waals surface area contributed by atoms with Crippen molar-refractivity contribution in [3.8, 4) is 0 Å². The smallest absolute Gasteiger partial charge is 0.255 e. The normalized spacial score (nSPS) is 18.0. The maximum Gasteiger partial charge on any atom is 0.255 e. The van der Waals surface area contributed by atoms with Crippen LogP contribution in [-0.2, 0) is 16.6 Å². The zero-order valence-electron chi connectivity index (χ0n) is 21.7. The van der Waals surface area contributed by atoms with Crippen molar-refractivity contribution in [2.75, 3.05) is 18.4 Å². The van der Waals surface area contributed by atoms with Crippen LogP contribution in [0.5, 0.6) is 0 Å². The molecule has 1 heterocycles. The number of piperidine rings is 1. The van der Waals surface area contributed by atoms with E-state index in [4.69, 9.17) is 0 Å². The van der Waals surface area contributed by atoms with Crippen LogP contribution in [0.15, 0.2) is 95.9 Å². The van der Waals surface area contributed by atoms with E-state index in [0.29, 0.717) is 28.6 Å². The van der Waals surface area contributed by atoms with E-state index in [1.807, 2.05) is 79.7 Å². The van der Waals surface area contributed by atoms with Gasteiger partial charge in [0.15, 0.2) is 0 Å². The maximum absolute atomic E-state index is 14.4. The molecule has 4 aromatic rings. The minimum atomic E-state index is -3.87. The number of fused-ring (bicyclic) bond motifs is 1. The number of carbonyl (C=O) groups excluding carboxylic acids is 1. The van der Waals surface area contributed by atoms with Crippen LogP contribution in [0, 0.1) is 12.8 Å². The number of benzene rings is 4. The van der Waals surface area contributed by atoms with Crippen molar-refractivity contribution in [1.82, 2.24) is 9.62 Å². The van der Waals surface area contributed by atoms with Crippen LogP contribution < -0.4 is 10.6 Å². The number of hydrogen-bond donors (Lipinski definition) is 2. The molecule has 6 nitrogen and oxygen atoms in total. The summed E-state index contributed by atoms with van der Waals surface area (Å²) in [6.45, 7) is 5.85. The Bertz CT molecular complexity index is 1550. The van der Waals surface area contributed by atoms with E-state index >= 15 is 0 Å². The lowest BCUT2D eigenvalue weighted by Gasteiger charge is -2.38. The molecule has 7 heteroatoms. The third-order valence-corrected chi connectivity index (χ3v) is 9.33. The SMILES string of the molecule is Cc1ccccc1C(=O)Nc1ccc(S(=O)(=O)N(Cc2ccccc2)C2CCNCC2C)c2ccccc12. The van der Waals surface area contributed by atoms with Gasteiger partial charge in [0.2, 0.25) is 10.0 Å². The Hall–Kier alpha value is -3.52. The highest BCUT2D eigenvalue weighted by atomic mass is 32.2. The van der Waals surface area contributed by atoms with Gasteiger partial charge in [-0.1, -0.05) is 79.7 Å². The first-order valence-corrected chi connectivity index (χ1v) is 14.5. The molecule has 0 radical (unpaired) electrons. The van der Waals surface area contributed by atoms with Gasteiger partial charge in [-0.05, 0) is 61.7 Å². The van der Waals surface area contributed by atoms with Gasteiger partial charge in [-0.25, -0.2) is 8.42 Å². The van der Waals surface area contributed by atoms with Crippen LogP contribution in [0.25, 0.3) is 10.8 Å². The summed E-state index contributed by atoms with van der Waals surface area (Å²) in [6, 6.07) is 27.7. The first-order valence-electron chi connectivity index (χ1n) is 13.0. The lowest BCUT2D eigenvalue weighted by molar-refractivity contribution is 0.102. The second kappa shape index (κ2) is 11.1. The summed E-state index contributed by atoms with van der Waals surface area (Å²) < 4.78 is 30.5. The van der Waals surface area contributed by atoms with Crippen molar-refractivity contribution >= 4 is 32.4 Å². The Morgan fingerprint density at radius 2 is 1.61 bits per heavy atom. The van der Waals surface area contributed by atoms with Gasteiger partial charge in [0.1, 0.15) is 0 Å². The van der Waals surface area contributed by atoms with Gasteiger partial charge in [0.25, 0.3) is 5.91 Å². The Morgan fingerprint density at radius 3 is 2.34 bits per heavy atom. The molecule has 1 aliphatic rings. The predicted octanol–water partition coefficient (Wildman–Crippen LogP) is 5.59. The monoisotopic (exact) mass is 527 g/mol. The molecule has 1 amide bonds. The van der Waals surface area contributed by atoms with Crippen molar-refractivity contribution in [3.05, 3.63) is 108 Å². The zero-order chi connectivity index (χ0) is 26.7. The van der Waals surface area contributed by atoms with E-state index in [2.05, 4.69) is 17.6 Å². The van der Waals surface area contributed by atoms with Gasteiger partial charge < -0.3 is 10.6 Å². The highest BCUT2D eigenvalue weighted by Crippen LogP contribution is 2.34. The maximum atomic E-state index is 14.4. The van der Waals surface area contributed by atoms with Gasteiger partial charge in [0, 0.05) is 34.6 Å². The molecule has 5 rings (SSSR count). The van der Waals surface area contributed by atoms with E-state index in [1.54, 1.807) is 22.5 Å². The summed E-state index contributed by atoms with van der Waals surface area (Å²) in [7, 11) is -3.87. The number of nitrogens with one attached hydrogen (secondary N) is 2. The van der Waals surface area contributed by atoms with Crippen LogP contribution in [0.2, 0.25) is 0 Å². The predicted molar refractivity (Wildman–Crippen MR) is 153 cm³/mol. The number of hydrogen-bond acceptors (Lipinski definition) is 4. The second-order valence-corrected chi connectivity index (χ2v) is 11.9. The van der Waals surface area contributed by atoms with E-state index in [1.165, 1.54) is 0 Å². The molecule has 2 atom stereocenters. The molecule has 1 saturated heterocycles. The van der Waals surface area contributed by atoms with E-state index in [0.717, 1.165) is 30.6 Å². The average Bonchev–Trinajstić information content (AvgIpc) is 2.93. The van der Waals surface area contributed by atoms with Crippen LogP contribution in [0.3, 0.4) is 0 Å². The summed E-state index contributed by atoms with van der Waals surface area (Å²) >= 11 is 0. The third kappa shape index (κ3) is 5.23. The number of nitrogens with zero attached hydrogens (tertiary/aromatic N) is 1. The number of carbonyl (C=O) groups is 1. The molecule has 1 fully saturated rings. The minimum absolute atomic E-state index is 0.124. The molecule has 2 N–H and O–H groups in total. The summed E-state index contributed by atoms with van der Waals surface area (Å²) in [5.74, 6) is -0.0562. The van der Waals surface area contributed by atoms with Crippen molar-refractivity contribution in [2.45, 2.75) is 37.8 Å². The van der Waals surface area contributed by atoms with E-state index in [9.17, 15) is 13.2 Å². The summed E-state index contributed by atoms with van der Waals surface area (Å²) in [5, 5.41) is 7.67. The van der Waals surface area contributed by atoms with Gasteiger partial charge in [0.05, 0.1) is 4.90 Å². The molecule has 0 bridgehead atoms. The fourth-order valence-corrected chi connectivity index (χ4v) is 7.26. The Morgan fingerprint density at radius 1 is 0.921 bits per heavy atom. The van der Waals surface area contributed by atoms with Gasteiger partial charge in [-0.3, -0.25) is 4.79 Å². The molecule has 0 saturated carbocycles. The zero-order valence-corrected chi connectivity index (χ0v) is 22.5. The first-order chi connectivity index (χ1) is 18.4. The highest BCUT2D eigenvalue weighted by molar-refractivity contribution is 7.89. The average molecular weight is 528 g/mol. The minimum Gasteiger partial charge on any atom is -0.321 e. The molecule has 0 aromatic heterocycles. The van der Waals surface area contributed by atoms with E-state index < -0.39 is 10.0 Å². The quantitative estimate of drug-likeness (QED) is 0.328. The number of rotatable bonds is 7. The second-order valence-electron chi connectivity index (χ2n) is 10.00. The van der Waals surface area contributed by atoms with Gasteiger partial charge >= 0.3 is 0 Å². The molecule has 196 valence electrons. The Kier molecular flexibility index (Phi) is 7.61. The molecule has 38 heavy (non-hydrogen) atoms. The summed E-state index contributed by atoms with van der Waals surface area (Å²) in [4.78, 5) is 13.3. The summed E-state index contributed by atoms with van der Waals surface area (Å²) in [6.07, 6.45) is 0.746. The summed E-state index contributed by atoms with van der Waals surface area (Å²) in [5.41, 5.74) is 2.99. The highest BCUT2D eigenvalue weighted by Gasteiger charge is 2.37. The largest absolute Gasteiger partial charge is 0.321 e.